The largest absolute Gasteiger partial charge is 0.376 e. The topological polar surface area (TPSA) is 89.0 Å². The Kier molecular flexibility index (Phi) is 6.16. The zero-order valence-corrected chi connectivity index (χ0v) is 15.9. The quantitative estimate of drug-likeness (QED) is 0.724. The van der Waals surface area contributed by atoms with Crippen LogP contribution in [0, 0.1) is 6.92 Å². The fourth-order valence-electron chi connectivity index (χ4n) is 3.07. The average molecular weight is 376 g/mol. The summed E-state index contributed by atoms with van der Waals surface area (Å²) in [6, 6.07) is 5.99. The number of hydrogen-bond acceptors (Lipinski definition) is 5. The van der Waals surface area contributed by atoms with E-state index < -0.39 is 0 Å². The first-order valence-corrected chi connectivity index (χ1v) is 9.85. The highest BCUT2D eigenvalue weighted by Crippen LogP contribution is 2.22. The van der Waals surface area contributed by atoms with Gasteiger partial charge in [0, 0.05) is 12.3 Å². The molecule has 0 spiro atoms. The van der Waals surface area contributed by atoms with E-state index >= 15 is 0 Å². The van der Waals surface area contributed by atoms with Crippen molar-refractivity contribution < 1.29 is 9.53 Å². The number of benzene rings is 1. The first kappa shape index (κ1) is 18.7. The second-order valence-electron chi connectivity index (χ2n) is 6.36. The summed E-state index contributed by atoms with van der Waals surface area (Å²) in [5, 5.41) is 10.0. The van der Waals surface area contributed by atoms with Gasteiger partial charge >= 0.3 is 5.69 Å². The highest BCUT2D eigenvalue weighted by Gasteiger charge is 2.20. The van der Waals surface area contributed by atoms with Crippen LogP contribution in [0.2, 0.25) is 0 Å². The highest BCUT2D eigenvalue weighted by atomic mass is 32.2. The first-order chi connectivity index (χ1) is 12.6. The monoisotopic (exact) mass is 376 g/mol. The molecule has 1 aliphatic rings. The molecule has 8 heteroatoms. The number of carbonyl (C=O) groups is 1. The molecule has 2 N–H and O–H groups in total. The van der Waals surface area contributed by atoms with Crippen LogP contribution in [0.25, 0.3) is 0 Å². The number of amides is 1. The maximum Gasteiger partial charge on any atom is 0.344 e. The number of carbonyl (C=O) groups excluding carboxylic acids is 1. The number of anilines is 1. The molecule has 0 bridgehead atoms. The predicted octanol–water partition coefficient (Wildman–Crippen LogP) is 2.35. The molecule has 7 nitrogen and oxygen atoms in total. The summed E-state index contributed by atoms with van der Waals surface area (Å²) >= 11 is 1.25. The molecular weight excluding hydrogens is 352 g/mol. The van der Waals surface area contributed by atoms with Gasteiger partial charge in [0.05, 0.1) is 18.4 Å². The van der Waals surface area contributed by atoms with E-state index in [1.165, 1.54) is 11.8 Å². The van der Waals surface area contributed by atoms with Crippen LogP contribution in [-0.4, -0.2) is 39.1 Å². The van der Waals surface area contributed by atoms with Crippen molar-refractivity contribution in [1.29, 1.82) is 0 Å². The number of hydrogen-bond donors (Lipinski definition) is 2. The molecule has 1 fully saturated rings. The molecule has 0 saturated carbocycles. The zero-order valence-electron chi connectivity index (χ0n) is 15.1. The molecule has 1 aromatic carbocycles. The molecule has 2 aromatic rings. The predicted molar refractivity (Wildman–Crippen MR) is 102 cm³/mol. The number of nitrogens with zero attached hydrogens (tertiary/aromatic N) is 2. The molecule has 1 saturated heterocycles. The molecule has 140 valence electrons. The Bertz CT molecular complexity index is 824. The third-order valence-corrected chi connectivity index (χ3v) is 5.45. The van der Waals surface area contributed by atoms with Crippen LogP contribution in [-0.2, 0) is 22.5 Å². The molecule has 1 amide bonds. The number of aryl methyl sites for hydroxylation is 2. The molecule has 1 aromatic heterocycles. The van der Waals surface area contributed by atoms with E-state index in [2.05, 4.69) is 22.4 Å². The summed E-state index contributed by atoms with van der Waals surface area (Å²) in [6.45, 7) is 5.25. The van der Waals surface area contributed by atoms with Gasteiger partial charge in [0.2, 0.25) is 5.91 Å². The highest BCUT2D eigenvalue weighted by molar-refractivity contribution is 7.99. The van der Waals surface area contributed by atoms with Crippen molar-refractivity contribution in [3.05, 3.63) is 39.8 Å². The van der Waals surface area contributed by atoms with Crippen molar-refractivity contribution in [3.63, 3.8) is 0 Å². The summed E-state index contributed by atoms with van der Waals surface area (Å²) in [5.74, 6) is 0.0749. The van der Waals surface area contributed by atoms with Gasteiger partial charge < -0.3 is 10.1 Å². The lowest BCUT2D eigenvalue weighted by Crippen LogP contribution is -2.25. The number of rotatable bonds is 7. The Labute approximate surface area is 156 Å². The van der Waals surface area contributed by atoms with E-state index in [1.807, 2.05) is 25.1 Å². The fraction of sp³-hybridized carbons (Fsp3) is 0.500. The van der Waals surface area contributed by atoms with Gasteiger partial charge in [-0.3, -0.25) is 9.36 Å². The third-order valence-electron chi connectivity index (χ3n) is 4.47. The fourth-order valence-corrected chi connectivity index (χ4v) is 3.83. The Morgan fingerprint density at radius 1 is 1.50 bits per heavy atom. The number of nitrogens with one attached hydrogen (secondary N) is 2. The summed E-state index contributed by atoms with van der Waals surface area (Å²) in [4.78, 5) is 24.4. The van der Waals surface area contributed by atoms with E-state index in [0.717, 1.165) is 42.7 Å². The maximum atomic E-state index is 12.4. The van der Waals surface area contributed by atoms with Crippen LogP contribution in [0.4, 0.5) is 5.69 Å². The molecule has 0 radical (unpaired) electrons. The van der Waals surface area contributed by atoms with E-state index in [0.29, 0.717) is 11.7 Å². The van der Waals surface area contributed by atoms with Gasteiger partial charge in [-0.05, 0) is 37.3 Å². The zero-order chi connectivity index (χ0) is 18.5. The van der Waals surface area contributed by atoms with Gasteiger partial charge in [-0.1, -0.05) is 36.9 Å². The smallest absolute Gasteiger partial charge is 0.344 e. The minimum Gasteiger partial charge on any atom is -0.376 e. The average Bonchev–Trinajstić information content (AvgIpc) is 3.26. The molecular formula is C18H24N4O3S. The minimum absolute atomic E-state index is 0.0394. The van der Waals surface area contributed by atoms with Crippen LogP contribution < -0.4 is 11.0 Å². The lowest BCUT2D eigenvalue weighted by molar-refractivity contribution is -0.113. The summed E-state index contributed by atoms with van der Waals surface area (Å²) < 4.78 is 7.14. The van der Waals surface area contributed by atoms with Crippen LogP contribution >= 0.6 is 11.8 Å². The number of ether oxygens (including phenoxy) is 1. The third kappa shape index (κ3) is 4.37. The van der Waals surface area contributed by atoms with Crippen molar-refractivity contribution in [2.45, 2.75) is 50.9 Å². The van der Waals surface area contributed by atoms with Gasteiger partial charge in [-0.25, -0.2) is 9.89 Å². The Morgan fingerprint density at radius 2 is 2.35 bits per heavy atom. The van der Waals surface area contributed by atoms with Crippen LogP contribution in [0.15, 0.2) is 28.2 Å². The Balaban J connectivity index is 1.63. The summed E-state index contributed by atoms with van der Waals surface area (Å²) in [7, 11) is 0. The molecule has 3 rings (SSSR count). The molecule has 2 heterocycles. The second kappa shape index (κ2) is 8.55. The van der Waals surface area contributed by atoms with E-state index in [1.54, 1.807) is 4.57 Å². The van der Waals surface area contributed by atoms with Crippen molar-refractivity contribution in [1.82, 2.24) is 14.8 Å². The van der Waals surface area contributed by atoms with Gasteiger partial charge in [-0.2, -0.15) is 0 Å². The Morgan fingerprint density at radius 3 is 3.08 bits per heavy atom. The molecule has 1 unspecified atom stereocenters. The summed E-state index contributed by atoms with van der Waals surface area (Å²) in [6.07, 6.45) is 2.84. The number of aromatic amines is 1. The SMILES string of the molecule is CCc1cccc(C)c1NC(=O)CSc1n[nH]c(=O)n1CC1CCCO1. The van der Waals surface area contributed by atoms with Gasteiger partial charge in [-0.15, -0.1) is 5.10 Å². The van der Waals surface area contributed by atoms with E-state index in [4.69, 9.17) is 4.74 Å². The molecule has 26 heavy (non-hydrogen) atoms. The van der Waals surface area contributed by atoms with Crippen molar-refractivity contribution in [2.24, 2.45) is 0 Å². The number of para-hydroxylation sites is 1. The number of thioether (sulfide) groups is 1. The van der Waals surface area contributed by atoms with Crippen LogP contribution in [0.3, 0.4) is 0 Å². The van der Waals surface area contributed by atoms with E-state index in [9.17, 15) is 9.59 Å². The van der Waals surface area contributed by atoms with Gasteiger partial charge in [0.25, 0.3) is 0 Å². The van der Waals surface area contributed by atoms with Crippen molar-refractivity contribution in [3.8, 4) is 0 Å². The second-order valence-corrected chi connectivity index (χ2v) is 7.30. The van der Waals surface area contributed by atoms with Crippen molar-refractivity contribution >= 4 is 23.4 Å². The molecule has 1 aliphatic heterocycles. The van der Waals surface area contributed by atoms with E-state index in [-0.39, 0.29) is 23.5 Å². The van der Waals surface area contributed by atoms with Crippen molar-refractivity contribution in [2.75, 3.05) is 17.7 Å². The van der Waals surface area contributed by atoms with Gasteiger partial charge in [0.15, 0.2) is 5.16 Å². The summed E-state index contributed by atoms with van der Waals surface area (Å²) in [5.41, 5.74) is 2.76. The number of H-pyrrole nitrogens is 1. The van der Waals surface area contributed by atoms with Crippen LogP contribution in [0.5, 0.6) is 0 Å². The lowest BCUT2D eigenvalue weighted by atomic mass is 10.1. The minimum atomic E-state index is -0.268. The Hall–Kier alpha value is -2.06. The maximum absolute atomic E-state index is 12.4. The number of aromatic nitrogens is 3. The van der Waals surface area contributed by atoms with Crippen LogP contribution in [0.1, 0.15) is 30.9 Å². The lowest BCUT2D eigenvalue weighted by Gasteiger charge is -2.13. The first-order valence-electron chi connectivity index (χ1n) is 8.86. The normalized spacial score (nSPS) is 16.8. The molecule has 0 aliphatic carbocycles. The molecule has 1 atom stereocenters. The van der Waals surface area contributed by atoms with Gasteiger partial charge in [0.1, 0.15) is 0 Å². The standard InChI is InChI=1S/C18H24N4O3S/c1-3-13-7-4-6-12(2)16(13)19-15(23)11-26-18-21-20-17(24)22(18)10-14-8-5-9-25-14/h4,6-7,14H,3,5,8-11H2,1-2H3,(H,19,23)(H,20,24).